The van der Waals surface area contributed by atoms with Gasteiger partial charge in [0.05, 0.1) is 11.4 Å². The van der Waals surface area contributed by atoms with Crippen molar-refractivity contribution in [2.45, 2.75) is 38.2 Å². The van der Waals surface area contributed by atoms with Crippen LogP contribution in [0.3, 0.4) is 0 Å². The molecule has 1 aromatic heterocycles. The summed E-state index contributed by atoms with van der Waals surface area (Å²) in [6, 6.07) is 21.6. The standard InChI is InChI=1S/C31H32FN3OS/c32-14-2-15-35-16-13-27(20-35)36-26-9-5-21(6-10-26)31-28(23-7-12-30-24(17-23)19-34-37-30)4-1-3-22-18-25(33)8-11-29(22)31/h5-12,17-19,27H,1-4,13-16,20,33H2/t27-/m0/s1. The molecule has 0 unspecified atom stereocenters. The second-order valence-electron chi connectivity index (χ2n) is 10.1. The van der Waals surface area contributed by atoms with Gasteiger partial charge in [-0.3, -0.25) is 9.29 Å². The first-order valence-corrected chi connectivity index (χ1v) is 14.0. The van der Waals surface area contributed by atoms with Crippen LogP contribution in [0.5, 0.6) is 5.75 Å². The van der Waals surface area contributed by atoms with Crippen molar-refractivity contribution in [2.24, 2.45) is 0 Å². The topological polar surface area (TPSA) is 51.4 Å². The van der Waals surface area contributed by atoms with Crippen LogP contribution in [0, 0.1) is 0 Å². The Morgan fingerprint density at radius 3 is 2.76 bits per heavy atom. The second-order valence-corrected chi connectivity index (χ2v) is 10.9. The van der Waals surface area contributed by atoms with Gasteiger partial charge in [0.25, 0.3) is 0 Å². The lowest BCUT2D eigenvalue weighted by atomic mass is 9.87. The minimum absolute atomic E-state index is 0.160. The lowest BCUT2D eigenvalue weighted by Gasteiger charge is -2.19. The molecule has 0 bridgehead atoms. The van der Waals surface area contributed by atoms with E-state index in [2.05, 4.69) is 63.9 Å². The fraction of sp³-hybridized carbons (Fsp3) is 0.323. The third kappa shape index (κ3) is 5.13. The smallest absolute Gasteiger partial charge is 0.119 e. The first-order chi connectivity index (χ1) is 18.2. The van der Waals surface area contributed by atoms with E-state index in [1.54, 1.807) is 0 Å². The molecule has 2 heterocycles. The van der Waals surface area contributed by atoms with E-state index in [1.807, 2.05) is 12.3 Å². The largest absolute Gasteiger partial charge is 0.489 e. The number of anilines is 1. The van der Waals surface area contributed by atoms with Gasteiger partial charge in [0, 0.05) is 36.9 Å². The molecule has 1 saturated heterocycles. The Labute approximate surface area is 221 Å². The Morgan fingerprint density at radius 1 is 1.03 bits per heavy atom. The number of nitrogens with two attached hydrogens (primary N) is 1. The number of nitrogen functional groups attached to an aromatic ring is 1. The molecule has 0 spiro atoms. The number of ether oxygens (including phenoxy) is 1. The summed E-state index contributed by atoms with van der Waals surface area (Å²) in [5.74, 6) is 0.889. The number of aryl methyl sites for hydroxylation is 1. The van der Waals surface area contributed by atoms with Crippen molar-refractivity contribution < 1.29 is 9.13 Å². The Bertz CT molecular complexity index is 1430. The molecular formula is C31H32FN3OS. The molecule has 1 fully saturated rings. The maximum Gasteiger partial charge on any atom is 0.119 e. The van der Waals surface area contributed by atoms with Crippen LogP contribution in [0.1, 0.15) is 47.9 Å². The zero-order chi connectivity index (χ0) is 25.2. The molecule has 2 aliphatic rings. The van der Waals surface area contributed by atoms with Gasteiger partial charge in [-0.15, -0.1) is 0 Å². The molecule has 0 radical (unpaired) electrons. The summed E-state index contributed by atoms with van der Waals surface area (Å²) >= 11 is 1.54. The van der Waals surface area contributed by atoms with Gasteiger partial charge in [0.2, 0.25) is 0 Å². The summed E-state index contributed by atoms with van der Waals surface area (Å²) in [4.78, 5) is 2.30. The van der Waals surface area contributed by atoms with Crippen molar-refractivity contribution >= 4 is 38.5 Å². The van der Waals surface area contributed by atoms with E-state index in [4.69, 9.17) is 10.5 Å². The highest BCUT2D eigenvalue weighted by molar-refractivity contribution is 7.13. The third-order valence-electron chi connectivity index (χ3n) is 7.56. The zero-order valence-electron chi connectivity index (χ0n) is 21.0. The van der Waals surface area contributed by atoms with Crippen LogP contribution in [-0.2, 0) is 6.42 Å². The molecule has 6 heteroatoms. The van der Waals surface area contributed by atoms with Crippen LogP contribution in [0.15, 0.2) is 66.9 Å². The molecule has 6 rings (SSSR count). The predicted octanol–water partition coefficient (Wildman–Crippen LogP) is 6.99. The summed E-state index contributed by atoms with van der Waals surface area (Å²) in [6.07, 6.45) is 6.80. The summed E-state index contributed by atoms with van der Waals surface area (Å²) < 4.78 is 24.4. The van der Waals surface area contributed by atoms with Gasteiger partial charge in [-0.05, 0) is 113 Å². The first kappa shape index (κ1) is 24.1. The number of nitrogens with zero attached hydrogens (tertiary/aromatic N) is 2. The molecule has 37 heavy (non-hydrogen) atoms. The molecule has 1 aliphatic heterocycles. The van der Waals surface area contributed by atoms with Crippen molar-refractivity contribution in [1.82, 2.24) is 9.27 Å². The number of aromatic nitrogens is 1. The van der Waals surface area contributed by atoms with Crippen molar-refractivity contribution in [1.29, 1.82) is 0 Å². The van der Waals surface area contributed by atoms with Gasteiger partial charge in [-0.25, -0.2) is 0 Å². The van der Waals surface area contributed by atoms with E-state index in [-0.39, 0.29) is 12.8 Å². The number of halogens is 1. The third-order valence-corrected chi connectivity index (χ3v) is 8.34. The van der Waals surface area contributed by atoms with Crippen LogP contribution < -0.4 is 10.5 Å². The molecule has 0 amide bonds. The van der Waals surface area contributed by atoms with Crippen LogP contribution >= 0.6 is 11.5 Å². The summed E-state index contributed by atoms with van der Waals surface area (Å²) in [6.45, 7) is 2.40. The van der Waals surface area contributed by atoms with Crippen molar-refractivity contribution in [3.8, 4) is 5.75 Å². The minimum atomic E-state index is -0.255. The van der Waals surface area contributed by atoms with Crippen molar-refractivity contribution in [2.75, 3.05) is 32.0 Å². The van der Waals surface area contributed by atoms with E-state index in [1.165, 1.54) is 55.0 Å². The minimum Gasteiger partial charge on any atom is -0.489 e. The van der Waals surface area contributed by atoms with E-state index >= 15 is 0 Å². The first-order valence-electron chi connectivity index (χ1n) is 13.2. The molecule has 2 N–H and O–H groups in total. The van der Waals surface area contributed by atoms with Gasteiger partial charge < -0.3 is 10.5 Å². The van der Waals surface area contributed by atoms with Crippen molar-refractivity contribution in [3.05, 3.63) is 89.1 Å². The van der Waals surface area contributed by atoms with E-state index in [0.29, 0.717) is 6.42 Å². The van der Waals surface area contributed by atoms with Crippen LogP contribution in [-0.4, -0.2) is 41.7 Å². The monoisotopic (exact) mass is 513 g/mol. The number of alkyl halides is 1. The lowest BCUT2D eigenvalue weighted by Crippen LogP contribution is -2.26. The Morgan fingerprint density at radius 2 is 1.89 bits per heavy atom. The lowest BCUT2D eigenvalue weighted by molar-refractivity contribution is 0.198. The van der Waals surface area contributed by atoms with E-state index in [9.17, 15) is 4.39 Å². The molecular weight excluding hydrogens is 481 g/mol. The highest BCUT2D eigenvalue weighted by atomic mass is 32.1. The quantitative estimate of drug-likeness (QED) is 0.271. The molecule has 4 nitrogen and oxygen atoms in total. The van der Waals surface area contributed by atoms with Crippen LogP contribution in [0.2, 0.25) is 0 Å². The van der Waals surface area contributed by atoms with Gasteiger partial charge >= 0.3 is 0 Å². The number of hydrogen-bond donors (Lipinski definition) is 1. The number of likely N-dealkylation sites (tertiary alicyclic amines) is 1. The number of benzene rings is 3. The van der Waals surface area contributed by atoms with Gasteiger partial charge in [-0.1, -0.05) is 24.3 Å². The van der Waals surface area contributed by atoms with Gasteiger partial charge in [-0.2, -0.15) is 4.37 Å². The summed E-state index contributed by atoms with van der Waals surface area (Å²) in [7, 11) is 0. The molecule has 3 aromatic carbocycles. The fourth-order valence-corrected chi connectivity index (χ4v) is 6.38. The SMILES string of the molecule is Nc1ccc2c(c1)CCCC(c1ccc3sncc3c1)=C2c1ccc(O[C@H]2CCN(CCCF)C2)cc1. The maximum atomic E-state index is 12.5. The zero-order valence-corrected chi connectivity index (χ0v) is 21.8. The average Bonchev–Trinajstić information content (AvgIpc) is 3.53. The average molecular weight is 514 g/mol. The number of rotatable bonds is 7. The Hall–Kier alpha value is -3.22. The van der Waals surface area contributed by atoms with Crippen LogP contribution in [0.4, 0.5) is 10.1 Å². The molecule has 1 aliphatic carbocycles. The molecule has 0 saturated carbocycles. The Kier molecular flexibility index (Phi) is 6.94. The molecule has 4 aromatic rings. The highest BCUT2D eigenvalue weighted by Gasteiger charge is 2.24. The highest BCUT2D eigenvalue weighted by Crippen LogP contribution is 2.41. The van der Waals surface area contributed by atoms with Crippen molar-refractivity contribution in [3.63, 3.8) is 0 Å². The second kappa shape index (κ2) is 10.6. The van der Waals surface area contributed by atoms with Crippen LogP contribution in [0.25, 0.3) is 21.2 Å². The Balaban J connectivity index is 1.35. The summed E-state index contributed by atoms with van der Waals surface area (Å²) in [5, 5.41) is 1.19. The predicted molar refractivity (Wildman–Crippen MR) is 152 cm³/mol. The number of fused-ring (bicyclic) bond motifs is 2. The van der Waals surface area contributed by atoms with E-state index < -0.39 is 0 Å². The number of hydrogen-bond acceptors (Lipinski definition) is 5. The maximum absolute atomic E-state index is 12.5. The summed E-state index contributed by atoms with van der Waals surface area (Å²) in [5.41, 5.74) is 14.7. The molecule has 1 atom stereocenters. The normalized spacial score (nSPS) is 18.2. The molecule has 190 valence electrons. The fourth-order valence-electron chi connectivity index (χ4n) is 5.76. The number of allylic oxidation sites excluding steroid dienone is 1. The van der Waals surface area contributed by atoms with Gasteiger partial charge in [0.15, 0.2) is 0 Å². The van der Waals surface area contributed by atoms with Gasteiger partial charge in [0.1, 0.15) is 11.9 Å². The van der Waals surface area contributed by atoms with E-state index in [0.717, 1.165) is 56.8 Å².